The molecule has 17 heavy (non-hydrogen) atoms. The van der Waals surface area contributed by atoms with E-state index in [1.165, 1.54) is 0 Å². The van der Waals surface area contributed by atoms with Crippen molar-refractivity contribution in [1.29, 1.82) is 0 Å². The summed E-state index contributed by atoms with van der Waals surface area (Å²) in [6, 6.07) is 0.178. The Labute approximate surface area is 107 Å². The Kier molecular flexibility index (Phi) is 5.44. The molecule has 5 nitrogen and oxygen atoms in total. The average molecular weight is 259 g/mol. The van der Waals surface area contributed by atoms with Crippen LogP contribution in [0.25, 0.3) is 0 Å². The minimum Gasteiger partial charge on any atom is -0.394 e. The van der Waals surface area contributed by atoms with Crippen LogP contribution in [0.2, 0.25) is 5.28 Å². The first-order chi connectivity index (χ1) is 8.08. The Morgan fingerprint density at radius 2 is 2.18 bits per heavy atom. The van der Waals surface area contributed by atoms with E-state index in [1.54, 1.807) is 14.0 Å². The molecule has 1 unspecified atom stereocenters. The summed E-state index contributed by atoms with van der Waals surface area (Å²) in [5.74, 6) is 0.581. The summed E-state index contributed by atoms with van der Waals surface area (Å²) in [6.07, 6.45) is 2.03. The zero-order valence-electron chi connectivity index (χ0n) is 10.5. The van der Waals surface area contributed by atoms with Gasteiger partial charge in [0.15, 0.2) is 5.82 Å². The molecule has 1 aromatic rings. The van der Waals surface area contributed by atoms with Crippen molar-refractivity contribution in [2.75, 3.05) is 24.8 Å². The molecule has 1 aromatic heterocycles. The lowest BCUT2D eigenvalue weighted by Crippen LogP contribution is -2.26. The van der Waals surface area contributed by atoms with E-state index in [2.05, 4.69) is 22.2 Å². The van der Waals surface area contributed by atoms with Gasteiger partial charge in [-0.1, -0.05) is 13.3 Å². The van der Waals surface area contributed by atoms with Crippen LogP contribution in [0.5, 0.6) is 0 Å². The first kappa shape index (κ1) is 14.0. The largest absolute Gasteiger partial charge is 0.394 e. The summed E-state index contributed by atoms with van der Waals surface area (Å²) in [5.41, 5.74) is 7.12. The van der Waals surface area contributed by atoms with E-state index in [0.29, 0.717) is 23.8 Å². The lowest BCUT2D eigenvalue weighted by Gasteiger charge is -2.19. The maximum absolute atomic E-state index is 5.91. The third-order valence-electron chi connectivity index (χ3n) is 2.45. The predicted octanol–water partition coefficient (Wildman–Crippen LogP) is 2.25. The number of hydrogen-bond donors (Lipinski definition) is 2. The van der Waals surface area contributed by atoms with Gasteiger partial charge >= 0.3 is 0 Å². The number of nitrogens with two attached hydrogens (primary N) is 1. The minimum absolute atomic E-state index is 0.178. The molecule has 6 heteroatoms. The molecule has 96 valence electrons. The van der Waals surface area contributed by atoms with Gasteiger partial charge in [0.25, 0.3) is 0 Å². The molecule has 0 aliphatic carbocycles. The molecule has 0 saturated heterocycles. The van der Waals surface area contributed by atoms with Gasteiger partial charge in [-0.2, -0.15) is 4.98 Å². The van der Waals surface area contributed by atoms with E-state index in [4.69, 9.17) is 22.1 Å². The molecule has 1 rings (SSSR count). The van der Waals surface area contributed by atoms with Crippen molar-refractivity contribution in [2.45, 2.75) is 32.7 Å². The second kappa shape index (κ2) is 6.61. The third kappa shape index (κ3) is 4.02. The van der Waals surface area contributed by atoms with Crippen molar-refractivity contribution in [3.63, 3.8) is 0 Å². The van der Waals surface area contributed by atoms with Crippen LogP contribution < -0.4 is 11.1 Å². The maximum Gasteiger partial charge on any atom is 0.224 e. The number of rotatable bonds is 6. The Balaban J connectivity index is 2.84. The molecule has 0 aliphatic rings. The lowest BCUT2D eigenvalue weighted by molar-refractivity contribution is 0.182. The van der Waals surface area contributed by atoms with Gasteiger partial charge < -0.3 is 15.8 Å². The summed E-state index contributed by atoms with van der Waals surface area (Å²) < 4.78 is 5.15. The van der Waals surface area contributed by atoms with Crippen molar-refractivity contribution < 1.29 is 4.74 Å². The fourth-order valence-corrected chi connectivity index (χ4v) is 1.81. The Bertz CT molecular complexity index is 367. The van der Waals surface area contributed by atoms with Crippen LogP contribution in [-0.4, -0.2) is 29.7 Å². The number of nitrogen functional groups attached to an aromatic ring is 1. The normalized spacial score (nSPS) is 12.5. The van der Waals surface area contributed by atoms with E-state index in [1.807, 2.05) is 0 Å². The van der Waals surface area contributed by atoms with Gasteiger partial charge in [0, 0.05) is 7.11 Å². The number of hydrogen-bond acceptors (Lipinski definition) is 5. The molecular formula is C11H19ClN4O. The number of nitrogens with one attached hydrogen (secondary N) is 1. The highest BCUT2D eigenvalue weighted by atomic mass is 35.5. The van der Waals surface area contributed by atoms with E-state index < -0.39 is 0 Å². The summed E-state index contributed by atoms with van der Waals surface area (Å²) in [7, 11) is 1.67. The van der Waals surface area contributed by atoms with Crippen molar-refractivity contribution >= 4 is 23.1 Å². The van der Waals surface area contributed by atoms with Crippen LogP contribution in [-0.2, 0) is 4.74 Å². The van der Waals surface area contributed by atoms with Gasteiger partial charge in [0.05, 0.1) is 24.0 Å². The zero-order valence-corrected chi connectivity index (χ0v) is 11.2. The highest BCUT2D eigenvalue weighted by molar-refractivity contribution is 6.28. The summed E-state index contributed by atoms with van der Waals surface area (Å²) in [5, 5.41) is 3.45. The maximum atomic E-state index is 5.91. The van der Waals surface area contributed by atoms with E-state index in [9.17, 15) is 0 Å². The van der Waals surface area contributed by atoms with Gasteiger partial charge in [-0.05, 0) is 24.9 Å². The van der Waals surface area contributed by atoms with Crippen molar-refractivity contribution in [2.24, 2.45) is 0 Å². The van der Waals surface area contributed by atoms with Gasteiger partial charge in [0.1, 0.15) is 0 Å². The first-order valence-corrected chi connectivity index (χ1v) is 6.01. The topological polar surface area (TPSA) is 73.1 Å². The van der Waals surface area contributed by atoms with Crippen LogP contribution in [0, 0.1) is 6.92 Å². The Morgan fingerprint density at radius 1 is 1.47 bits per heavy atom. The van der Waals surface area contributed by atoms with Gasteiger partial charge in [-0.3, -0.25) is 0 Å². The Morgan fingerprint density at radius 3 is 2.76 bits per heavy atom. The number of aromatic nitrogens is 2. The first-order valence-electron chi connectivity index (χ1n) is 5.63. The smallest absolute Gasteiger partial charge is 0.224 e. The molecule has 0 saturated carbocycles. The molecule has 0 radical (unpaired) electrons. The van der Waals surface area contributed by atoms with E-state index >= 15 is 0 Å². The molecule has 0 fully saturated rings. The van der Waals surface area contributed by atoms with Crippen LogP contribution in [0.15, 0.2) is 0 Å². The second-order valence-electron chi connectivity index (χ2n) is 3.93. The summed E-state index contributed by atoms with van der Waals surface area (Å²) in [6.45, 7) is 4.53. The monoisotopic (exact) mass is 258 g/mol. The zero-order chi connectivity index (χ0) is 12.8. The van der Waals surface area contributed by atoms with Crippen LogP contribution in [0.3, 0.4) is 0 Å². The third-order valence-corrected chi connectivity index (χ3v) is 2.62. The quantitative estimate of drug-likeness (QED) is 0.766. The molecule has 0 aliphatic heterocycles. The van der Waals surface area contributed by atoms with Crippen molar-refractivity contribution in [3.8, 4) is 0 Å². The fraction of sp³-hybridized carbons (Fsp3) is 0.636. The van der Waals surface area contributed by atoms with E-state index in [-0.39, 0.29) is 11.3 Å². The number of anilines is 2. The molecule has 0 spiro atoms. The number of methoxy groups -OCH3 is 1. The molecule has 0 bridgehead atoms. The molecule has 3 N–H and O–H groups in total. The highest BCUT2D eigenvalue weighted by Crippen LogP contribution is 2.22. The highest BCUT2D eigenvalue weighted by Gasteiger charge is 2.13. The predicted molar refractivity (Wildman–Crippen MR) is 70.4 cm³/mol. The fourth-order valence-electron chi connectivity index (χ4n) is 1.60. The van der Waals surface area contributed by atoms with Crippen molar-refractivity contribution in [1.82, 2.24) is 9.97 Å². The second-order valence-corrected chi connectivity index (χ2v) is 4.26. The molecule has 1 atom stereocenters. The number of ether oxygens (including phenoxy) is 1. The number of halogens is 1. The number of aryl methyl sites for hydroxylation is 1. The molecule has 0 amide bonds. The summed E-state index contributed by atoms with van der Waals surface area (Å²) >= 11 is 5.81. The molecule has 1 heterocycles. The van der Waals surface area contributed by atoms with E-state index in [0.717, 1.165) is 12.8 Å². The minimum atomic E-state index is 0.178. The van der Waals surface area contributed by atoms with Crippen LogP contribution >= 0.6 is 11.6 Å². The SMILES string of the molecule is CCCC(COC)Nc1nc(Cl)nc(C)c1N. The van der Waals surface area contributed by atoms with Crippen LogP contribution in [0.1, 0.15) is 25.5 Å². The van der Waals surface area contributed by atoms with Crippen LogP contribution in [0.4, 0.5) is 11.5 Å². The Hall–Kier alpha value is -1.07. The van der Waals surface area contributed by atoms with Gasteiger partial charge in [-0.15, -0.1) is 0 Å². The van der Waals surface area contributed by atoms with Gasteiger partial charge in [0.2, 0.25) is 5.28 Å². The molecule has 0 aromatic carbocycles. The molecular weight excluding hydrogens is 240 g/mol. The van der Waals surface area contributed by atoms with Gasteiger partial charge in [-0.25, -0.2) is 4.98 Å². The summed E-state index contributed by atoms with van der Waals surface area (Å²) in [4.78, 5) is 8.09. The number of nitrogens with zero attached hydrogens (tertiary/aromatic N) is 2. The average Bonchev–Trinajstić information content (AvgIpc) is 2.26. The standard InChI is InChI=1S/C11H19ClN4O/c1-4-5-8(6-17-3)15-10-9(13)7(2)14-11(12)16-10/h8H,4-6,13H2,1-3H3,(H,14,15,16). The lowest BCUT2D eigenvalue weighted by atomic mass is 10.2. The van der Waals surface area contributed by atoms with Crippen molar-refractivity contribution in [3.05, 3.63) is 11.0 Å².